The number of rotatable bonds is 2. The minimum atomic E-state index is -0.523. The Morgan fingerprint density at radius 1 is 1.12 bits per heavy atom. The van der Waals surface area contributed by atoms with Crippen molar-refractivity contribution < 1.29 is 9.59 Å². The number of hydrogen-bond donors (Lipinski definition) is 2. The highest BCUT2D eigenvalue weighted by atomic mass is 32.1. The Kier molecular flexibility index (Phi) is 6.13. The summed E-state index contributed by atoms with van der Waals surface area (Å²) in [5, 5.41) is 5.86. The zero-order valence-corrected chi connectivity index (χ0v) is 16.1. The number of benzene rings is 1. The van der Waals surface area contributed by atoms with Gasteiger partial charge in [0.2, 0.25) is 5.91 Å². The van der Waals surface area contributed by atoms with Gasteiger partial charge >= 0.3 is 0 Å². The Balaban J connectivity index is 2.00. The minimum Gasteiger partial charge on any atom is -0.336 e. The number of anilines is 1. The van der Waals surface area contributed by atoms with Gasteiger partial charge in [-0.15, -0.1) is 0 Å². The summed E-state index contributed by atoms with van der Waals surface area (Å²) in [6, 6.07) is 7.18. The number of thiocarbonyl (C=S) groups is 1. The van der Waals surface area contributed by atoms with Crippen molar-refractivity contribution in [3.05, 3.63) is 29.8 Å². The fourth-order valence-corrected chi connectivity index (χ4v) is 2.59. The predicted molar refractivity (Wildman–Crippen MR) is 104 cm³/mol. The van der Waals surface area contributed by atoms with E-state index in [4.69, 9.17) is 12.2 Å². The fourth-order valence-electron chi connectivity index (χ4n) is 2.38. The topological polar surface area (TPSA) is 64.7 Å². The Hall–Kier alpha value is -1.99. The first-order valence-electron chi connectivity index (χ1n) is 8.37. The van der Waals surface area contributed by atoms with Crippen LogP contribution in [-0.4, -0.2) is 60.0 Å². The zero-order valence-electron chi connectivity index (χ0n) is 15.3. The van der Waals surface area contributed by atoms with Gasteiger partial charge in [-0.3, -0.25) is 9.59 Å². The molecule has 1 saturated heterocycles. The van der Waals surface area contributed by atoms with Crippen molar-refractivity contribution >= 4 is 34.8 Å². The summed E-state index contributed by atoms with van der Waals surface area (Å²) in [6.45, 7) is 8.68. The van der Waals surface area contributed by atoms with Crippen molar-refractivity contribution in [1.29, 1.82) is 0 Å². The van der Waals surface area contributed by atoms with Crippen molar-refractivity contribution in [1.82, 2.24) is 15.1 Å². The van der Waals surface area contributed by atoms with Crippen LogP contribution in [0.15, 0.2) is 24.3 Å². The van der Waals surface area contributed by atoms with Gasteiger partial charge in [-0.05, 0) is 37.5 Å². The first-order valence-corrected chi connectivity index (χ1v) is 8.78. The van der Waals surface area contributed by atoms with Crippen molar-refractivity contribution in [2.24, 2.45) is 5.41 Å². The van der Waals surface area contributed by atoms with Gasteiger partial charge in [0, 0.05) is 42.8 Å². The van der Waals surface area contributed by atoms with Gasteiger partial charge < -0.3 is 20.4 Å². The molecule has 0 aliphatic carbocycles. The largest absolute Gasteiger partial charge is 0.336 e. The molecular weight excluding hydrogens is 336 g/mol. The summed E-state index contributed by atoms with van der Waals surface area (Å²) in [7, 11) is 2.05. The van der Waals surface area contributed by atoms with E-state index < -0.39 is 5.41 Å². The van der Waals surface area contributed by atoms with Gasteiger partial charge in [0.25, 0.3) is 5.91 Å². The molecule has 1 aliphatic heterocycles. The quantitative estimate of drug-likeness (QED) is 0.787. The molecule has 0 radical (unpaired) electrons. The van der Waals surface area contributed by atoms with Crippen LogP contribution < -0.4 is 10.6 Å². The molecule has 1 fully saturated rings. The van der Waals surface area contributed by atoms with Gasteiger partial charge in [0.1, 0.15) is 0 Å². The number of amides is 2. The van der Waals surface area contributed by atoms with E-state index in [0.717, 1.165) is 26.2 Å². The summed E-state index contributed by atoms with van der Waals surface area (Å²) in [5.74, 6) is -0.143. The third-order valence-corrected chi connectivity index (χ3v) is 4.27. The van der Waals surface area contributed by atoms with Crippen LogP contribution in [0.3, 0.4) is 0 Å². The molecule has 7 heteroatoms. The van der Waals surface area contributed by atoms with E-state index in [0.29, 0.717) is 11.3 Å². The summed E-state index contributed by atoms with van der Waals surface area (Å²) in [4.78, 5) is 28.7. The van der Waals surface area contributed by atoms with Gasteiger partial charge in [0.05, 0.1) is 0 Å². The lowest BCUT2D eigenvalue weighted by Gasteiger charge is -2.32. The highest BCUT2D eigenvalue weighted by molar-refractivity contribution is 7.80. The molecule has 0 spiro atoms. The lowest BCUT2D eigenvalue weighted by molar-refractivity contribution is -0.126. The second kappa shape index (κ2) is 7.93. The Labute approximate surface area is 154 Å². The van der Waals surface area contributed by atoms with E-state index in [2.05, 4.69) is 22.6 Å². The predicted octanol–water partition coefficient (Wildman–Crippen LogP) is 1.93. The summed E-state index contributed by atoms with van der Waals surface area (Å²) >= 11 is 5.18. The molecule has 1 heterocycles. The second-order valence-electron chi connectivity index (χ2n) is 7.33. The molecule has 2 rings (SSSR count). The number of likely N-dealkylation sites (N-methyl/N-ethyl adjacent to an activating group) is 1. The van der Waals surface area contributed by atoms with Crippen LogP contribution in [-0.2, 0) is 4.79 Å². The number of carbonyl (C=O) groups is 2. The molecule has 0 bridgehead atoms. The summed E-state index contributed by atoms with van der Waals surface area (Å²) in [5.41, 5.74) is 0.768. The normalized spacial score (nSPS) is 15.6. The maximum atomic E-state index is 12.6. The SMILES string of the molecule is CN1CCN(C(=O)c2cccc(NC(=S)NC(=O)C(C)(C)C)c2)CC1. The molecule has 1 aromatic carbocycles. The van der Waals surface area contributed by atoms with E-state index in [1.807, 2.05) is 31.7 Å². The second-order valence-corrected chi connectivity index (χ2v) is 7.74. The minimum absolute atomic E-state index is 0.0152. The van der Waals surface area contributed by atoms with Crippen molar-refractivity contribution in [2.45, 2.75) is 20.8 Å². The molecule has 6 nitrogen and oxygen atoms in total. The third kappa shape index (κ3) is 5.51. The first-order chi connectivity index (χ1) is 11.7. The number of piperazine rings is 1. The van der Waals surface area contributed by atoms with Crippen molar-refractivity contribution in [3.63, 3.8) is 0 Å². The molecule has 1 aromatic rings. The molecule has 2 N–H and O–H groups in total. The van der Waals surface area contributed by atoms with E-state index >= 15 is 0 Å². The molecule has 2 amide bonds. The average molecular weight is 362 g/mol. The summed E-state index contributed by atoms with van der Waals surface area (Å²) in [6.07, 6.45) is 0. The maximum absolute atomic E-state index is 12.6. The number of carbonyl (C=O) groups excluding carboxylic acids is 2. The van der Waals surface area contributed by atoms with Crippen LogP contribution in [0.5, 0.6) is 0 Å². The average Bonchev–Trinajstić information content (AvgIpc) is 2.54. The molecule has 0 atom stereocenters. The zero-order chi connectivity index (χ0) is 18.6. The van der Waals surface area contributed by atoms with Crippen LogP contribution in [0.2, 0.25) is 0 Å². The monoisotopic (exact) mass is 362 g/mol. The highest BCUT2D eigenvalue weighted by Crippen LogP contribution is 2.15. The molecule has 1 aliphatic rings. The first kappa shape index (κ1) is 19.3. The van der Waals surface area contributed by atoms with Gasteiger partial charge in [0.15, 0.2) is 5.11 Å². The molecule has 136 valence electrons. The lowest BCUT2D eigenvalue weighted by Crippen LogP contribution is -2.47. The fraction of sp³-hybridized carbons (Fsp3) is 0.500. The van der Waals surface area contributed by atoms with Gasteiger partial charge in [-0.25, -0.2) is 0 Å². The smallest absolute Gasteiger partial charge is 0.254 e. The maximum Gasteiger partial charge on any atom is 0.254 e. The number of hydrogen-bond acceptors (Lipinski definition) is 4. The molecule has 0 saturated carbocycles. The third-order valence-electron chi connectivity index (χ3n) is 4.07. The van der Waals surface area contributed by atoms with Crippen LogP contribution in [0.1, 0.15) is 31.1 Å². The van der Waals surface area contributed by atoms with Gasteiger partial charge in [-0.1, -0.05) is 26.8 Å². The molecule has 0 unspecified atom stereocenters. The van der Waals surface area contributed by atoms with Gasteiger partial charge in [-0.2, -0.15) is 0 Å². The van der Waals surface area contributed by atoms with Crippen LogP contribution >= 0.6 is 12.2 Å². The molecular formula is C18H26N4O2S. The van der Waals surface area contributed by atoms with Crippen molar-refractivity contribution in [2.75, 3.05) is 38.5 Å². The Morgan fingerprint density at radius 2 is 1.76 bits per heavy atom. The van der Waals surface area contributed by atoms with E-state index in [1.165, 1.54) is 0 Å². The van der Waals surface area contributed by atoms with Crippen molar-refractivity contribution in [3.8, 4) is 0 Å². The summed E-state index contributed by atoms with van der Waals surface area (Å²) < 4.78 is 0. The van der Waals surface area contributed by atoms with E-state index in [1.54, 1.807) is 18.2 Å². The highest BCUT2D eigenvalue weighted by Gasteiger charge is 2.23. The van der Waals surface area contributed by atoms with E-state index in [-0.39, 0.29) is 16.9 Å². The Morgan fingerprint density at radius 3 is 2.36 bits per heavy atom. The Bertz CT molecular complexity index is 661. The standard InChI is InChI=1S/C18H26N4O2S/c1-18(2,3)16(24)20-17(25)19-14-7-5-6-13(12-14)15(23)22-10-8-21(4)9-11-22/h5-7,12H,8-11H2,1-4H3,(H2,19,20,24,25). The van der Waals surface area contributed by atoms with Crippen LogP contribution in [0, 0.1) is 5.41 Å². The molecule has 0 aromatic heterocycles. The number of nitrogens with zero attached hydrogens (tertiary/aromatic N) is 2. The lowest BCUT2D eigenvalue weighted by atomic mass is 9.96. The van der Waals surface area contributed by atoms with Crippen LogP contribution in [0.4, 0.5) is 5.69 Å². The van der Waals surface area contributed by atoms with Crippen LogP contribution in [0.25, 0.3) is 0 Å². The number of nitrogens with one attached hydrogen (secondary N) is 2. The van der Waals surface area contributed by atoms with E-state index in [9.17, 15) is 9.59 Å². The molecule has 25 heavy (non-hydrogen) atoms.